The van der Waals surface area contributed by atoms with Gasteiger partial charge in [0.15, 0.2) is 0 Å². The third-order valence-corrected chi connectivity index (χ3v) is 12.3. The Morgan fingerprint density at radius 1 is 0.405 bits per heavy atom. The predicted octanol–water partition coefficient (Wildman–Crippen LogP) is 11.3. The molecule has 3 nitrogen and oxygen atoms in total. The first kappa shape index (κ1) is 34.3. The maximum absolute atomic E-state index is 7.20. The number of unbranched alkanes of at least 4 members (excludes halogenated alkanes) is 14. The van der Waals surface area contributed by atoms with E-state index in [-0.39, 0.29) is 0 Å². The Bertz CT molecular complexity index is 992. The fourth-order valence-electron chi connectivity index (χ4n) is 5.62. The third kappa shape index (κ3) is 10.5. The summed E-state index contributed by atoms with van der Waals surface area (Å²) >= 11 is 0. The summed E-state index contributed by atoms with van der Waals surface area (Å²) in [6.07, 6.45) is 20.0. The molecule has 3 rings (SSSR count). The molecule has 0 aliphatic heterocycles. The van der Waals surface area contributed by atoms with Crippen LogP contribution in [0.3, 0.4) is 0 Å². The van der Waals surface area contributed by atoms with Gasteiger partial charge in [-0.2, -0.15) is 0 Å². The van der Waals surface area contributed by atoms with E-state index in [1.165, 1.54) is 77.0 Å². The monoisotopic (exact) mass is 592 g/mol. The van der Waals surface area contributed by atoms with Gasteiger partial charge in [0, 0.05) is 0 Å². The molecule has 0 aromatic heterocycles. The molecule has 0 bridgehead atoms. The van der Waals surface area contributed by atoms with Gasteiger partial charge in [0.05, 0.1) is 0 Å². The minimum absolute atomic E-state index is 0.598. The van der Waals surface area contributed by atoms with Gasteiger partial charge in [-0.25, -0.2) is 0 Å². The Balaban J connectivity index is 1.85. The average Bonchev–Trinajstić information content (AvgIpc) is 3.04. The SMILES string of the molecule is CCCCCCCCCCOP(OCCCCCCCCCC)(Oc1ccccc1)(c1ccccc1)c1ccccc1. The molecule has 232 valence electrons. The van der Waals surface area contributed by atoms with E-state index in [9.17, 15) is 0 Å². The van der Waals surface area contributed by atoms with Crippen LogP contribution in [0.4, 0.5) is 0 Å². The topological polar surface area (TPSA) is 27.7 Å². The van der Waals surface area contributed by atoms with Gasteiger partial charge in [-0.3, -0.25) is 0 Å². The van der Waals surface area contributed by atoms with Crippen LogP contribution in [0.1, 0.15) is 117 Å². The molecule has 0 amide bonds. The van der Waals surface area contributed by atoms with Crippen molar-refractivity contribution < 1.29 is 13.6 Å². The number of rotatable bonds is 24. The molecule has 42 heavy (non-hydrogen) atoms. The van der Waals surface area contributed by atoms with Crippen LogP contribution in [0.15, 0.2) is 91.0 Å². The van der Waals surface area contributed by atoms with Crippen molar-refractivity contribution in [3.05, 3.63) is 91.0 Å². The predicted molar refractivity (Wildman–Crippen MR) is 183 cm³/mol. The summed E-state index contributed by atoms with van der Waals surface area (Å²) in [6, 6.07) is 31.1. The van der Waals surface area contributed by atoms with E-state index in [4.69, 9.17) is 13.6 Å². The van der Waals surface area contributed by atoms with E-state index < -0.39 is 7.28 Å². The molecule has 0 N–H and O–H groups in total. The van der Waals surface area contributed by atoms with Gasteiger partial charge < -0.3 is 0 Å². The van der Waals surface area contributed by atoms with E-state index in [1.54, 1.807) is 0 Å². The summed E-state index contributed by atoms with van der Waals surface area (Å²) in [6.45, 7) is 5.75. The van der Waals surface area contributed by atoms with Crippen molar-refractivity contribution in [2.24, 2.45) is 0 Å². The van der Waals surface area contributed by atoms with Gasteiger partial charge in [0.1, 0.15) is 0 Å². The van der Waals surface area contributed by atoms with Crippen LogP contribution in [-0.2, 0) is 9.05 Å². The van der Waals surface area contributed by atoms with Gasteiger partial charge in [-0.05, 0) is 0 Å². The molecule has 3 aromatic carbocycles. The van der Waals surface area contributed by atoms with Crippen LogP contribution < -0.4 is 15.1 Å². The minimum atomic E-state index is -4.03. The molecule has 0 saturated carbocycles. The Labute approximate surface area is 257 Å². The van der Waals surface area contributed by atoms with Crippen molar-refractivity contribution in [2.75, 3.05) is 13.2 Å². The van der Waals surface area contributed by atoms with Crippen LogP contribution in [-0.4, -0.2) is 13.2 Å². The molecule has 4 heteroatoms. The number of para-hydroxylation sites is 1. The summed E-state index contributed by atoms with van der Waals surface area (Å²) in [5, 5.41) is 1.97. The fraction of sp³-hybridized carbons (Fsp3) is 0.526. The Kier molecular flexibility index (Phi) is 16.2. The summed E-state index contributed by atoms with van der Waals surface area (Å²) in [5.41, 5.74) is 0. The van der Waals surface area contributed by atoms with E-state index in [1.807, 2.05) is 30.3 Å². The number of hydrogen-bond donors (Lipinski definition) is 0. The maximum atomic E-state index is 7.20. The quantitative estimate of drug-likeness (QED) is 0.0765. The molecular weight excluding hydrogens is 535 g/mol. The first-order chi connectivity index (χ1) is 20.7. The second-order valence-electron chi connectivity index (χ2n) is 11.6. The molecule has 3 aromatic rings. The van der Waals surface area contributed by atoms with Gasteiger partial charge in [0.25, 0.3) is 0 Å². The van der Waals surface area contributed by atoms with Crippen molar-refractivity contribution in [1.82, 2.24) is 0 Å². The molecule has 0 heterocycles. The normalized spacial score (nSPS) is 12.6. The molecule has 0 fully saturated rings. The molecule has 0 aliphatic rings. The van der Waals surface area contributed by atoms with E-state index in [2.05, 4.69) is 74.5 Å². The van der Waals surface area contributed by atoms with Gasteiger partial charge in [-0.15, -0.1) is 0 Å². The van der Waals surface area contributed by atoms with Gasteiger partial charge in [-0.1, -0.05) is 0 Å². The van der Waals surface area contributed by atoms with Gasteiger partial charge >= 0.3 is 258 Å². The Hall–Kier alpha value is -2.19. The molecule has 0 spiro atoms. The zero-order chi connectivity index (χ0) is 29.6. The van der Waals surface area contributed by atoms with Crippen LogP contribution in [0.5, 0.6) is 5.75 Å². The standard InChI is InChI=1S/C38H57O3P/c1-3-5-7-9-11-13-15-26-34-39-42(37-30-22-18-23-31-37,38-32-24-19-25-33-38,41-36-28-20-17-21-29-36)40-35-27-16-14-12-10-8-6-4-2/h17-25,28-33H,3-16,26-27,34-35H2,1-2H3. The first-order valence-electron chi connectivity index (χ1n) is 16.9. The number of hydrogen-bond acceptors (Lipinski definition) is 3. The first-order valence-corrected chi connectivity index (χ1v) is 18.9. The molecule has 0 atom stereocenters. The van der Waals surface area contributed by atoms with Crippen LogP contribution in [0.25, 0.3) is 0 Å². The van der Waals surface area contributed by atoms with Crippen molar-refractivity contribution in [2.45, 2.75) is 117 Å². The van der Waals surface area contributed by atoms with Crippen LogP contribution in [0, 0.1) is 0 Å². The average molecular weight is 593 g/mol. The molecule has 0 unspecified atom stereocenters. The second kappa shape index (κ2) is 19.9. The number of benzene rings is 3. The van der Waals surface area contributed by atoms with E-state index >= 15 is 0 Å². The third-order valence-electron chi connectivity index (χ3n) is 8.06. The van der Waals surface area contributed by atoms with Crippen LogP contribution in [0.2, 0.25) is 0 Å². The molecule has 0 aliphatic carbocycles. The zero-order valence-electron chi connectivity index (χ0n) is 26.6. The summed E-state index contributed by atoms with van der Waals surface area (Å²) < 4.78 is 21.6. The zero-order valence-corrected chi connectivity index (χ0v) is 27.5. The van der Waals surface area contributed by atoms with Gasteiger partial charge in [0.2, 0.25) is 0 Å². The Morgan fingerprint density at radius 3 is 1.12 bits per heavy atom. The van der Waals surface area contributed by atoms with Crippen molar-refractivity contribution >= 4 is 17.9 Å². The van der Waals surface area contributed by atoms with Crippen molar-refractivity contribution in [3.63, 3.8) is 0 Å². The van der Waals surface area contributed by atoms with Crippen molar-refractivity contribution in [3.8, 4) is 5.75 Å². The van der Waals surface area contributed by atoms with E-state index in [0.29, 0.717) is 13.2 Å². The summed E-state index contributed by atoms with van der Waals surface area (Å²) in [5.74, 6) is 0.773. The Morgan fingerprint density at radius 2 is 0.738 bits per heavy atom. The molecule has 0 radical (unpaired) electrons. The second-order valence-corrected chi connectivity index (χ2v) is 15.1. The fourth-order valence-corrected chi connectivity index (χ4v) is 9.70. The van der Waals surface area contributed by atoms with E-state index in [0.717, 1.165) is 42.0 Å². The summed E-state index contributed by atoms with van der Waals surface area (Å²) in [7, 11) is -4.03. The molecule has 0 saturated heterocycles. The molecular formula is C38H57O3P. The van der Waals surface area contributed by atoms with Crippen molar-refractivity contribution in [1.29, 1.82) is 0 Å². The summed E-state index contributed by atoms with van der Waals surface area (Å²) in [4.78, 5) is 0. The van der Waals surface area contributed by atoms with Crippen LogP contribution >= 0.6 is 7.28 Å².